The van der Waals surface area contributed by atoms with Crippen LogP contribution in [0.1, 0.15) is 22.5 Å². The number of halogens is 1. The quantitative estimate of drug-likeness (QED) is 0.240. The predicted molar refractivity (Wildman–Crippen MR) is 143 cm³/mol. The van der Waals surface area contributed by atoms with Crippen LogP contribution in [0.2, 0.25) is 5.02 Å². The van der Waals surface area contributed by atoms with Gasteiger partial charge in [0.2, 0.25) is 5.95 Å². The Morgan fingerprint density at radius 1 is 0.861 bits per heavy atom. The number of anilines is 2. The van der Waals surface area contributed by atoms with E-state index in [2.05, 4.69) is 20.0 Å². The Hall–Kier alpha value is -4.01. The summed E-state index contributed by atoms with van der Waals surface area (Å²) in [6, 6.07) is 24.1. The molecule has 0 bridgehead atoms. The fourth-order valence-corrected chi connectivity index (χ4v) is 4.65. The van der Waals surface area contributed by atoms with Crippen LogP contribution in [0, 0.1) is 13.8 Å². The Bertz CT molecular complexity index is 1520. The van der Waals surface area contributed by atoms with Crippen LogP contribution in [-0.4, -0.2) is 24.3 Å². The molecule has 0 fully saturated rings. The second-order valence-electron chi connectivity index (χ2n) is 8.00. The van der Waals surface area contributed by atoms with Crippen LogP contribution < -0.4 is 10.0 Å². The maximum Gasteiger partial charge on any atom is 0.264 e. The lowest BCUT2D eigenvalue weighted by Gasteiger charge is -2.12. The standard InChI is InChI=1S/C27H23ClN4O3S/c1-18-16-19(2)30-27(29-18)32-36(34,35)23-14-12-22(13-15-23)31-26(33)24(20-8-4-3-5-9-20)17-21-10-6-7-11-25(21)28/h3-17H,1-2H3,(H,31,33)(H,29,30,32)/b24-17+. The smallest absolute Gasteiger partial charge is 0.264 e. The summed E-state index contributed by atoms with van der Waals surface area (Å²) < 4.78 is 28.0. The molecule has 9 heteroatoms. The minimum Gasteiger partial charge on any atom is -0.322 e. The van der Waals surface area contributed by atoms with Gasteiger partial charge in [-0.05, 0) is 67.4 Å². The van der Waals surface area contributed by atoms with E-state index in [1.165, 1.54) is 24.3 Å². The zero-order chi connectivity index (χ0) is 25.7. The number of aryl methyl sites for hydroxylation is 2. The molecule has 182 valence electrons. The third kappa shape index (κ3) is 6.16. The molecule has 2 N–H and O–H groups in total. The number of nitrogens with zero attached hydrogens (tertiary/aromatic N) is 2. The number of hydrogen-bond donors (Lipinski definition) is 2. The summed E-state index contributed by atoms with van der Waals surface area (Å²) in [5.41, 5.74) is 3.56. The molecule has 36 heavy (non-hydrogen) atoms. The first-order chi connectivity index (χ1) is 17.2. The van der Waals surface area contributed by atoms with Gasteiger partial charge in [0.15, 0.2) is 0 Å². The SMILES string of the molecule is Cc1cc(C)nc(NS(=O)(=O)c2ccc(NC(=O)/C(=C/c3ccccc3Cl)c3ccccc3)cc2)n1. The topological polar surface area (TPSA) is 101 Å². The van der Waals surface area contributed by atoms with Crippen molar-refractivity contribution in [3.63, 3.8) is 0 Å². The van der Waals surface area contributed by atoms with E-state index < -0.39 is 10.0 Å². The molecule has 3 aromatic carbocycles. The molecule has 1 heterocycles. The van der Waals surface area contributed by atoms with Gasteiger partial charge in [0.05, 0.1) is 4.90 Å². The zero-order valence-electron chi connectivity index (χ0n) is 19.6. The molecule has 0 aliphatic heterocycles. The minimum atomic E-state index is -3.91. The summed E-state index contributed by atoms with van der Waals surface area (Å²) in [6.45, 7) is 3.52. The molecule has 1 amide bonds. The molecule has 0 spiro atoms. The molecule has 4 aromatic rings. The maximum absolute atomic E-state index is 13.2. The van der Waals surface area contributed by atoms with Gasteiger partial charge in [0.25, 0.3) is 15.9 Å². The maximum atomic E-state index is 13.2. The van der Waals surface area contributed by atoms with E-state index >= 15 is 0 Å². The van der Waals surface area contributed by atoms with Crippen LogP contribution >= 0.6 is 11.6 Å². The largest absolute Gasteiger partial charge is 0.322 e. The number of carbonyl (C=O) groups excluding carboxylic acids is 1. The minimum absolute atomic E-state index is 0.00194. The van der Waals surface area contributed by atoms with Crippen molar-refractivity contribution in [2.24, 2.45) is 0 Å². The third-order valence-corrected chi connectivity index (χ3v) is 6.85. The summed E-state index contributed by atoms with van der Waals surface area (Å²) >= 11 is 6.31. The van der Waals surface area contributed by atoms with Crippen LogP contribution in [-0.2, 0) is 14.8 Å². The van der Waals surface area contributed by atoms with Crippen molar-refractivity contribution < 1.29 is 13.2 Å². The highest BCUT2D eigenvalue weighted by Crippen LogP contribution is 2.25. The van der Waals surface area contributed by atoms with E-state index in [1.54, 1.807) is 32.1 Å². The molecule has 4 rings (SSSR count). The van der Waals surface area contributed by atoms with Crippen LogP contribution in [0.3, 0.4) is 0 Å². The number of aromatic nitrogens is 2. The first-order valence-corrected chi connectivity index (χ1v) is 12.9. The van der Waals surface area contributed by atoms with Crippen molar-refractivity contribution in [2.45, 2.75) is 18.7 Å². The van der Waals surface area contributed by atoms with Gasteiger partial charge in [-0.2, -0.15) is 0 Å². The first-order valence-electron chi connectivity index (χ1n) is 11.0. The molecule has 0 atom stereocenters. The van der Waals surface area contributed by atoms with E-state index in [-0.39, 0.29) is 16.8 Å². The number of sulfonamides is 1. The van der Waals surface area contributed by atoms with Crippen molar-refractivity contribution >= 4 is 50.8 Å². The fourth-order valence-electron chi connectivity index (χ4n) is 3.51. The van der Waals surface area contributed by atoms with Gasteiger partial charge in [-0.25, -0.2) is 23.1 Å². The second kappa shape index (κ2) is 10.7. The van der Waals surface area contributed by atoms with Crippen LogP contribution in [0.25, 0.3) is 11.6 Å². The summed E-state index contributed by atoms with van der Waals surface area (Å²) in [5, 5.41) is 3.36. The number of amides is 1. The van der Waals surface area contributed by atoms with Crippen molar-refractivity contribution in [1.29, 1.82) is 0 Å². The Morgan fingerprint density at radius 2 is 1.47 bits per heavy atom. The van der Waals surface area contributed by atoms with E-state index in [0.29, 0.717) is 38.8 Å². The lowest BCUT2D eigenvalue weighted by Crippen LogP contribution is -2.16. The fraction of sp³-hybridized carbons (Fsp3) is 0.0741. The summed E-state index contributed by atoms with van der Waals surface area (Å²) in [6.07, 6.45) is 1.72. The van der Waals surface area contributed by atoms with Crippen molar-refractivity contribution in [1.82, 2.24) is 9.97 Å². The Labute approximate surface area is 215 Å². The number of hydrogen-bond acceptors (Lipinski definition) is 5. The molecular formula is C27H23ClN4O3S. The predicted octanol–water partition coefficient (Wildman–Crippen LogP) is 5.73. The van der Waals surface area contributed by atoms with E-state index in [9.17, 15) is 13.2 Å². The number of rotatable bonds is 7. The lowest BCUT2D eigenvalue weighted by molar-refractivity contribution is -0.111. The Kier molecular flexibility index (Phi) is 7.47. The van der Waals surface area contributed by atoms with Crippen molar-refractivity contribution in [2.75, 3.05) is 10.0 Å². The van der Waals surface area contributed by atoms with Gasteiger partial charge in [-0.3, -0.25) is 4.79 Å². The number of benzene rings is 3. The molecule has 0 aliphatic rings. The van der Waals surface area contributed by atoms with E-state index in [0.717, 1.165) is 0 Å². The summed E-state index contributed by atoms with van der Waals surface area (Å²) in [5.74, 6) is -0.361. The highest BCUT2D eigenvalue weighted by Gasteiger charge is 2.17. The molecule has 1 aromatic heterocycles. The number of nitrogens with one attached hydrogen (secondary N) is 2. The third-order valence-electron chi connectivity index (χ3n) is 5.16. The molecule has 0 saturated carbocycles. The number of carbonyl (C=O) groups is 1. The lowest BCUT2D eigenvalue weighted by atomic mass is 10.0. The van der Waals surface area contributed by atoms with Gasteiger partial charge in [0.1, 0.15) is 0 Å². The average Bonchev–Trinajstić information content (AvgIpc) is 2.83. The van der Waals surface area contributed by atoms with Crippen LogP contribution in [0.5, 0.6) is 0 Å². The Morgan fingerprint density at radius 3 is 2.11 bits per heavy atom. The Balaban J connectivity index is 1.57. The average molecular weight is 519 g/mol. The normalized spacial score (nSPS) is 11.7. The van der Waals surface area contributed by atoms with Crippen molar-refractivity contribution in [3.8, 4) is 0 Å². The van der Waals surface area contributed by atoms with Gasteiger partial charge >= 0.3 is 0 Å². The molecule has 0 saturated heterocycles. The molecule has 7 nitrogen and oxygen atoms in total. The zero-order valence-corrected chi connectivity index (χ0v) is 21.1. The van der Waals surface area contributed by atoms with Gasteiger partial charge in [-0.15, -0.1) is 0 Å². The van der Waals surface area contributed by atoms with Crippen molar-refractivity contribution in [3.05, 3.63) is 112 Å². The molecule has 0 unspecified atom stereocenters. The summed E-state index contributed by atoms with van der Waals surface area (Å²) in [4.78, 5) is 21.5. The molecule has 0 aliphatic carbocycles. The molecular weight excluding hydrogens is 496 g/mol. The highest BCUT2D eigenvalue weighted by atomic mass is 35.5. The summed E-state index contributed by atoms with van der Waals surface area (Å²) in [7, 11) is -3.91. The van der Waals surface area contributed by atoms with Crippen LogP contribution in [0.4, 0.5) is 11.6 Å². The molecule has 0 radical (unpaired) electrons. The van der Waals surface area contributed by atoms with Crippen LogP contribution in [0.15, 0.2) is 89.8 Å². The monoisotopic (exact) mass is 518 g/mol. The van der Waals surface area contributed by atoms with Gasteiger partial charge in [-0.1, -0.05) is 60.1 Å². The highest BCUT2D eigenvalue weighted by molar-refractivity contribution is 7.92. The van der Waals surface area contributed by atoms with E-state index in [4.69, 9.17) is 11.6 Å². The van der Waals surface area contributed by atoms with E-state index in [1.807, 2.05) is 48.5 Å². The first kappa shape index (κ1) is 25.1. The van der Waals surface area contributed by atoms with Gasteiger partial charge in [0, 0.05) is 27.7 Å². The second-order valence-corrected chi connectivity index (χ2v) is 10.1. The van der Waals surface area contributed by atoms with Gasteiger partial charge < -0.3 is 5.32 Å².